The highest BCUT2D eigenvalue weighted by Crippen LogP contribution is 2.32. The number of hydrogen-bond donors (Lipinski definition) is 2. The zero-order chi connectivity index (χ0) is 15.6. The molecule has 1 atom stereocenters. The molecule has 2 rings (SSSR count). The molecule has 1 aliphatic heterocycles. The summed E-state index contributed by atoms with van der Waals surface area (Å²) in [5, 5.41) is 3.81. The summed E-state index contributed by atoms with van der Waals surface area (Å²) in [6, 6.07) is 7.43. The number of thiocarbonyl (C=S) groups is 1. The molecule has 0 bridgehead atoms. The first kappa shape index (κ1) is 15.9. The number of carbonyl (C=O) groups excluding carboxylic acids is 1. The van der Waals surface area contributed by atoms with Crippen LogP contribution in [0.1, 0.15) is 19.4 Å². The predicted octanol–water partition coefficient (Wildman–Crippen LogP) is 2.27. The van der Waals surface area contributed by atoms with Gasteiger partial charge in [0.25, 0.3) is 0 Å². The number of hydrogen-bond acceptors (Lipinski definition) is 3. The average molecular weight is 328 g/mol. The second-order valence-corrected chi connectivity index (χ2v) is 6.29. The smallest absolute Gasteiger partial charge is 0.415 e. The molecular formula is C14H18ClN3O2S. The number of nitrogens with one attached hydrogen (secondary N) is 1. The molecule has 0 spiro atoms. The molecule has 0 radical (unpaired) electrons. The van der Waals surface area contributed by atoms with Crippen LogP contribution in [0.5, 0.6) is 0 Å². The molecule has 21 heavy (non-hydrogen) atoms. The topological polar surface area (TPSA) is 67.6 Å². The SMILES string of the molecule is CC1(C)OC(=O)N1[C@H](CNC(N)=S)Cc1ccc(Cl)cc1. The molecule has 1 fully saturated rings. The standard InChI is InChI=1S/C14H18ClN3O2S/c1-14(2)18(13(19)20-14)11(8-17-12(16)21)7-9-3-5-10(15)6-4-9/h3-6,11H,7-8H2,1-2H3,(H3,16,17,21)/t11-/m0/s1. The highest BCUT2D eigenvalue weighted by molar-refractivity contribution is 7.80. The van der Waals surface area contributed by atoms with Crippen molar-refractivity contribution >= 4 is 35.0 Å². The largest absolute Gasteiger partial charge is 0.423 e. The molecule has 1 amide bonds. The van der Waals surface area contributed by atoms with Crippen LogP contribution >= 0.6 is 23.8 Å². The van der Waals surface area contributed by atoms with Gasteiger partial charge in [-0.1, -0.05) is 23.7 Å². The van der Waals surface area contributed by atoms with Crippen molar-refractivity contribution < 1.29 is 9.53 Å². The molecule has 1 heterocycles. The van der Waals surface area contributed by atoms with Gasteiger partial charge in [0.1, 0.15) is 0 Å². The monoisotopic (exact) mass is 327 g/mol. The third-order valence-corrected chi connectivity index (χ3v) is 3.77. The fourth-order valence-corrected chi connectivity index (χ4v) is 2.66. The number of ether oxygens (including phenoxy) is 1. The van der Waals surface area contributed by atoms with Crippen LogP contribution in [0.2, 0.25) is 5.02 Å². The minimum Gasteiger partial charge on any atom is -0.423 e. The third-order valence-electron chi connectivity index (χ3n) is 3.38. The Morgan fingerprint density at radius 3 is 2.57 bits per heavy atom. The van der Waals surface area contributed by atoms with E-state index < -0.39 is 5.72 Å². The number of amides is 1. The normalized spacial score (nSPS) is 17.7. The Hall–Kier alpha value is -1.53. The third kappa shape index (κ3) is 3.77. The number of nitrogens with zero attached hydrogens (tertiary/aromatic N) is 1. The van der Waals surface area contributed by atoms with Gasteiger partial charge < -0.3 is 15.8 Å². The van der Waals surface area contributed by atoms with Gasteiger partial charge in [-0.15, -0.1) is 0 Å². The van der Waals surface area contributed by atoms with Crippen LogP contribution in [0.3, 0.4) is 0 Å². The lowest BCUT2D eigenvalue weighted by Crippen LogP contribution is -2.67. The van der Waals surface area contributed by atoms with Crippen LogP contribution in [0.25, 0.3) is 0 Å². The number of carbonyl (C=O) groups is 1. The maximum atomic E-state index is 11.8. The van der Waals surface area contributed by atoms with Gasteiger partial charge in [-0.25, -0.2) is 4.79 Å². The Morgan fingerprint density at radius 2 is 2.10 bits per heavy atom. The summed E-state index contributed by atoms with van der Waals surface area (Å²) >= 11 is 10.7. The van der Waals surface area contributed by atoms with Gasteiger partial charge in [0, 0.05) is 11.6 Å². The van der Waals surface area contributed by atoms with E-state index in [4.69, 9.17) is 34.3 Å². The van der Waals surface area contributed by atoms with Gasteiger partial charge in [-0.2, -0.15) is 0 Å². The quantitative estimate of drug-likeness (QED) is 0.812. The molecule has 3 N–H and O–H groups in total. The minimum atomic E-state index is -0.619. The van der Waals surface area contributed by atoms with Gasteiger partial charge in [-0.3, -0.25) is 4.90 Å². The summed E-state index contributed by atoms with van der Waals surface area (Å²) in [7, 11) is 0. The molecule has 1 saturated heterocycles. The van der Waals surface area contributed by atoms with Gasteiger partial charge in [0.05, 0.1) is 6.04 Å². The zero-order valence-electron chi connectivity index (χ0n) is 11.9. The van der Waals surface area contributed by atoms with E-state index in [-0.39, 0.29) is 17.2 Å². The van der Waals surface area contributed by atoms with Crippen molar-refractivity contribution in [1.82, 2.24) is 10.2 Å². The second-order valence-electron chi connectivity index (χ2n) is 5.41. The highest BCUT2D eigenvalue weighted by Gasteiger charge is 2.49. The molecule has 1 aromatic rings. The molecule has 5 nitrogen and oxygen atoms in total. The summed E-state index contributed by atoms with van der Waals surface area (Å²) in [4.78, 5) is 13.5. The fraction of sp³-hybridized carbons (Fsp3) is 0.429. The van der Waals surface area contributed by atoms with Crippen molar-refractivity contribution in [3.63, 3.8) is 0 Å². The molecule has 1 aromatic carbocycles. The van der Waals surface area contributed by atoms with Crippen molar-refractivity contribution in [1.29, 1.82) is 0 Å². The van der Waals surface area contributed by atoms with Crippen LogP contribution < -0.4 is 11.1 Å². The lowest BCUT2D eigenvalue weighted by Gasteiger charge is -2.50. The molecule has 0 unspecified atom stereocenters. The number of cyclic esters (lactones) is 1. The predicted molar refractivity (Wildman–Crippen MR) is 86.1 cm³/mol. The summed E-state index contributed by atoms with van der Waals surface area (Å²) < 4.78 is 5.16. The zero-order valence-corrected chi connectivity index (χ0v) is 13.5. The first-order chi connectivity index (χ1) is 9.79. The first-order valence-electron chi connectivity index (χ1n) is 6.59. The number of halogens is 1. The van der Waals surface area contributed by atoms with E-state index in [9.17, 15) is 4.79 Å². The number of rotatable bonds is 5. The Bertz CT molecular complexity index is 548. The molecule has 114 valence electrons. The maximum absolute atomic E-state index is 11.8. The molecule has 0 saturated carbocycles. The van der Waals surface area contributed by atoms with Crippen molar-refractivity contribution in [3.05, 3.63) is 34.9 Å². The van der Waals surface area contributed by atoms with Crippen LogP contribution in [0.15, 0.2) is 24.3 Å². The van der Waals surface area contributed by atoms with Gasteiger partial charge >= 0.3 is 6.09 Å². The van der Waals surface area contributed by atoms with Crippen molar-refractivity contribution in [2.75, 3.05) is 6.54 Å². The Kier molecular flexibility index (Phi) is 4.58. The van der Waals surface area contributed by atoms with E-state index in [1.165, 1.54) is 0 Å². The lowest BCUT2D eigenvalue weighted by molar-refractivity contribution is -0.178. The molecule has 0 aromatic heterocycles. The first-order valence-corrected chi connectivity index (χ1v) is 7.38. The Labute approximate surface area is 134 Å². The summed E-state index contributed by atoms with van der Waals surface area (Å²) in [5.74, 6) is 0. The van der Waals surface area contributed by atoms with Crippen molar-refractivity contribution in [2.24, 2.45) is 5.73 Å². The summed E-state index contributed by atoms with van der Waals surface area (Å²) in [6.07, 6.45) is 0.328. The number of nitrogens with two attached hydrogens (primary N) is 1. The van der Waals surface area contributed by atoms with Crippen LogP contribution in [-0.2, 0) is 11.2 Å². The second kappa shape index (κ2) is 6.07. The maximum Gasteiger partial charge on any atom is 0.415 e. The van der Waals surface area contributed by atoms with Gasteiger partial charge in [0.2, 0.25) is 0 Å². The molecule has 7 heteroatoms. The Morgan fingerprint density at radius 1 is 1.48 bits per heavy atom. The Balaban J connectivity index is 2.13. The van der Waals surface area contributed by atoms with E-state index in [1.807, 2.05) is 38.1 Å². The van der Waals surface area contributed by atoms with E-state index in [0.717, 1.165) is 5.56 Å². The van der Waals surface area contributed by atoms with Crippen molar-refractivity contribution in [3.8, 4) is 0 Å². The molecule has 0 aliphatic carbocycles. The summed E-state index contributed by atoms with van der Waals surface area (Å²) in [5.41, 5.74) is 5.94. The van der Waals surface area contributed by atoms with Gasteiger partial charge in [-0.05, 0) is 50.2 Å². The summed E-state index contributed by atoms with van der Waals surface area (Å²) in [6.45, 7) is 4.17. The van der Waals surface area contributed by atoms with Crippen molar-refractivity contribution in [2.45, 2.75) is 32.0 Å². The van der Waals surface area contributed by atoms with E-state index in [0.29, 0.717) is 18.0 Å². The van der Waals surface area contributed by atoms with Crippen LogP contribution in [-0.4, -0.2) is 34.4 Å². The average Bonchev–Trinajstić information content (AvgIpc) is 2.37. The van der Waals surface area contributed by atoms with E-state index >= 15 is 0 Å². The lowest BCUT2D eigenvalue weighted by atomic mass is 10.0. The minimum absolute atomic E-state index is 0.107. The van der Waals surface area contributed by atoms with E-state index in [2.05, 4.69) is 5.32 Å². The molecular weight excluding hydrogens is 310 g/mol. The molecule has 1 aliphatic rings. The van der Waals surface area contributed by atoms with Crippen LogP contribution in [0, 0.1) is 0 Å². The fourth-order valence-electron chi connectivity index (χ4n) is 2.45. The van der Waals surface area contributed by atoms with E-state index in [1.54, 1.807) is 4.90 Å². The highest BCUT2D eigenvalue weighted by atomic mass is 35.5. The van der Waals surface area contributed by atoms with Crippen LogP contribution in [0.4, 0.5) is 4.79 Å². The van der Waals surface area contributed by atoms with Gasteiger partial charge in [0.15, 0.2) is 10.8 Å². The number of benzene rings is 1.